The maximum atomic E-state index is 6.07. The van der Waals surface area contributed by atoms with Crippen LogP contribution < -0.4 is 5.73 Å². The van der Waals surface area contributed by atoms with Gasteiger partial charge in [0.1, 0.15) is 0 Å². The Hall–Kier alpha value is 0.01000. The number of benzene rings is 1. The molecule has 0 aromatic heterocycles. The van der Waals surface area contributed by atoms with Crippen LogP contribution in [0.25, 0.3) is 0 Å². The van der Waals surface area contributed by atoms with Crippen molar-refractivity contribution in [2.24, 2.45) is 5.73 Å². The lowest BCUT2D eigenvalue weighted by molar-refractivity contribution is 0.618. The van der Waals surface area contributed by atoms with Gasteiger partial charge in [-0.15, -0.1) is 11.8 Å². The van der Waals surface area contributed by atoms with Gasteiger partial charge in [-0.05, 0) is 42.4 Å². The first-order valence-electron chi connectivity index (χ1n) is 4.91. The molecule has 74 valence electrons. The Morgan fingerprint density at radius 2 is 2.29 bits per heavy atom. The van der Waals surface area contributed by atoms with E-state index < -0.39 is 0 Å². The van der Waals surface area contributed by atoms with Gasteiger partial charge in [-0.25, -0.2) is 0 Å². The standard InChI is InChI=1S/C11H12BrNS/c12-7-1-2-9-8(5-7)11(3-4-14-9)6-10(11)13/h1-2,5,10H,3-4,6,13H2. The normalized spacial score (nSPS) is 34.3. The van der Waals surface area contributed by atoms with E-state index in [4.69, 9.17) is 5.73 Å². The highest BCUT2D eigenvalue weighted by atomic mass is 79.9. The van der Waals surface area contributed by atoms with Gasteiger partial charge in [0.15, 0.2) is 0 Å². The molecule has 0 bridgehead atoms. The molecule has 0 amide bonds. The van der Waals surface area contributed by atoms with E-state index in [9.17, 15) is 0 Å². The molecule has 1 nitrogen and oxygen atoms in total. The zero-order valence-corrected chi connectivity index (χ0v) is 10.2. The minimum atomic E-state index is 0.338. The number of fused-ring (bicyclic) bond motifs is 2. The predicted octanol–water partition coefficient (Wildman–Crippen LogP) is 2.91. The van der Waals surface area contributed by atoms with E-state index in [1.807, 2.05) is 11.8 Å². The van der Waals surface area contributed by atoms with E-state index in [2.05, 4.69) is 34.1 Å². The molecule has 1 heterocycles. The van der Waals surface area contributed by atoms with E-state index in [1.165, 1.54) is 33.5 Å². The van der Waals surface area contributed by atoms with Crippen molar-refractivity contribution < 1.29 is 0 Å². The van der Waals surface area contributed by atoms with Crippen LogP contribution >= 0.6 is 27.7 Å². The van der Waals surface area contributed by atoms with Crippen molar-refractivity contribution in [1.29, 1.82) is 0 Å². The predicted molar refractivity (Wildman–Crippen MR) is 63.8 cm³/mol. The van der Waals surface area contributed by atoms with Crippen LogP contribution in [0.15, 0.2) is 27.6 Å². The smallest absolute Gasteiger partial charge is 0.0179 e. The quantitative estimate of drug-likeness (QED) is 0.784. The molecule has 1 fully saturated rings. The van der Waals surface area contributed by atoms with Crippen molar-refractivity contribution in [1.82, 2.24) is 0 Å². The summed E-state index contributed by atoms with van der Waals surface area (Å²) in [5.41, 5.74) is 7.89. The molecule has 1 aliphatic carbocycles. The molecule has 0 saturated heterocycles. The Balaban J connectivity index is 2.14. The van der Waals surface area contributed by atoms with Gasteiger partial charge in [-0.2, -0.15) is 0 Å². The van der Waals surface area contributed by atoms with E-state index in [0.717, 1.165) is 0 Å². The minimum absolute atomic E-state index is 0.338. The van der Waals surface area contributed by atoms with Crippen LogP contribution in [0.5, 0.6) is 0 Å². The lowest BCUT2D eigenvalue weighted by atomic mass is 9.92. The van der Waals surface area contributed by atoms with Crippen molar-refractivity contribution in [2.75, 3.05) is 5.75 Å². The van der Waals surface area contributed by atoms with E-state index in [-0.39, 0.29) is 0 Å². The topological polar surface area (TPSA) is 26.0 Å². The van der Waals surface area contributed by atoms with E-state index >= 15 is 0 Å². The Kier molecular flexibility index (Phi) is 1.98. The molecular formula is C11H12BrNS. The SMILES string of the molecule is NC1CC12CCSc1ccc(Br)cc12. The number of rotatable bonds is 0. The summed E-state index contributed by atoms with van der Waals surface area (Å²) in [6.07, 6.45) is 2.43. The summed E-state index contributed by atoms with van der Waals surface area (Å²) in [5, 5.41) is 0. The molecule has 3 rings (SSSR count). The van der Waals surface area contributed by atoms with Crippen LogP contribution in [-0.2, 0) is 5.41 Å². The fraction of sp³-hybridized carbons (Fsp3) is 0.455. The number of nitrogens with two attached hydrogens (primary N) is 1. The van der Waals surface area contributed by atoms with Gasteiger partial charge < -0.3 is 5.73 Å². The molecule has 1 aromatic carbocycles. The number of halogens is 1. The molecule has 1 saturated carbocycles. The van der Waals surface area contributed by atoms with Crippen molar-refractivity contribution in [2.45, 2.75) is 29.2 Å². The fourth-order valence-corrected chi connectivity index (χ4v) is 4.05. The summed E-state index contributed by atoms with van der Waals surface area (Å²) in [6.45, 7) is 0. The molecule has 1 aromatic rings. The van der Waals surface area contributed by atoms with Gasteiger partial charge >= 0.3 is 0 Å². The maximum absolute atomic E-state index is 6.07. The molecule has 2 aliphatic rings. The summed E-state index contributed by atoms with van der Waals surface area (Å²) in [7, 11) is 0. The second kappa shape index (κ2) is 3.00. The van der Waals surface area contributed by atoms with Crippen LogP contribution in [0.2, 0.25) is 0 Å². The van der Waals surface area contributed by atoms with Crippen LogP contribution in [-0.4, -0.2) is 11.8 Å². The number of hydrogen-bond donors (Lipinski definition) is 1. The average molecular weight is 270 g/mol. The lowest BCUT2D eigenvalue weighted by Crippen LogP contribution is -2.22. The summed E-state index contributed by atoms with van der Waals surface area (Å²) in [6, 6.07) is 7.00. The van der Waals surface area contributed by atoms with Crippen LogP contribution in [0.4, 0.5) is 0 Å². The summed E-state index contributed by atoms with van der Waals surface area (Å²) in [5.74, 6) is 1.22. The first-order chi connectivity index (χ1) is 6.72. The summed E-state index contributed by atoms with van der Waals surface area (Å²) in [4.78, 5) is 1.44. The molecule has 3 heteroatoms. The van der Waals surface area contributed by atoms with Gasteiger partial charge in [0.25, 0.3) is 0 Å². The van der Waals surface area contributed by atoms with Gasteiger partial charge in [-0.3, -0.25) is 0 Å². The minimum Gasteiger partial charge on any atom is -0.327 e. The summed E-state index contributed by atoms with van der Waals surface area (Å²) >= 11 is 5.51. The molecule has 2 atom stereocenters. The first kappa shape index (κ1) is 9.25. The Labute approximate surface area is 96.6 Å². The van der Waals surface area contributed by atoms with Crippen molar-refractivity contribution >= 4 is 27.7 Å². The highest BCUT2D eigenvalue weighted by Gasteiger charge is 2.54. The maximum Gasteiger partial charge on any atom is 0.0179 e. The highest BCUT2D eigenvalue weighted by molar-refractivity contribution is 9.10. The molecule has 2 unspecified atom stereocenters. The highest BCUT2D eigenvalue weighted by Crippen LogP contribution is 2.56. The van der Waals surface area contributed by atoms with Gasteiger partial charge in [-0.1, -0.05) is 15.9 Å². The Morgan fingerprint density at radius 3 is 3.00 bits per heavy atom. The lowest BCUT2D eigenvalue weighted by Gasteiger charge is -2.25. The second-order valence-corrected chi connectivity index (χ2v) is 6.26. The number of hydrogen-bond acceptors (Lipinski definition) is 2. The molecule has 1 aliphatic heterocycles. The third kappa shape index (κ3) is 1.19. The number of thioether (sulfide) groups is 1. The molecule has 2 N–H and O–H groups in total. The Bertz CT molecular complexity index is 393. The average Bonchev–Trinajstić information content (AvgIpc) is 2.80. The molecule has 0 radical (unpaired) electrons. The van der Waals surface area contributed by atoms with Crippen molar-refractivity contribution in [3.8, 4) is 0 Å². The fourth-order valence-electron chi connectivity index (χ4n) is 2.43. The van der Waals surface area contributed by atoms with Gasteiger partial charge in [0, 0.05) is 20.8 Å². The van der Waals surface area contributed by atoms with Crippen LogP contribution in [0, 0.1) is 0 Å². The zero-order valence-electron chi connectivity index (χ0n) is 7.79. The second-order valence-electron chi connectivity index (χ2n) is 4.21. The molecule has 14 heavy (non-hydrogen) atoms. The zero-order chi connectivity index (χ0) is 9.76. The third-order valence-electron chi connectivity index (χ3n) is 3.42. The molecule has 1 spiro atoms. The van der Waals surface area contributed by atoms with E-state index in [0.29, 0.717) is 11.5 Å². The van der Waals surface area contributed by atoms with Crippen molar-refractivity contribution in [3.05, 3.63) is 28.2 Å². The van der Waals surface area contributed by atoms with E-state index in [1.54, 1.807) is 0 Å². The Morgan fingerprint density at radius 1 is 1.50 bits per heavy atom. The monoisotopic (exact) mass is 269 g/mol. The first-order valence-corrected chi connectivity index (χ1v) is 6.69. The van der Waals surface area contributed by atoms with Gasteiger partial charge in [0.05, 0.1) is 0 Å². The van der Waals surface area contributed by atoms with Crippen LogP contribution in [0.1, 0.15) is 18.4 Å². The van der Waals surface area contributed by atoms with Gasteiger partial charge in [0.2, 0.25) is 0 Å². The molecular weight excluding hydrogens is 258 g/mol. The van der Waals surface area contributed by atoms with Crippen molar-refractivity contribution in [3.63, 3.8) is 0 Å². The third-order valence-corrected chi connectivity index (χ3v) is 4.99. The summed E-state index contributed by atoms with van der Waals surface area (Å²) < 4.78 is 1.18. The largest absolute Gasteiger partial charge is 0.327 e. The van der Waals surface area contributed by atoms with Crippen LogP contribution in [0.3, 0.4) is 0 Å².